The minimum Gasteiger partial charge on any atom is -0.273 e. The number of aryl methyl sites for hydroxylation is 1. The highest BCUT2D eigenvalue weighted by atomic mass is 32.1. The summed E-state index contributed by atoms with van der Waals surface area (Å²) in [5.41, 5.74) is 1.92. The van der Waals surface area contributed by atoms with Crippen LogP contribution in [-0.4, -0.2) is 14.1 Å². The van der Waals surface area contributed by atoms with Crippen LogP contribution in [0, 0.1) is 6.92 Å². The van der Waals surface area contributed by atoms with E-state index in [1.54, 1.807) is 22.9 Å². The lowest BCUT2D eigenvalue weighted by Gasteiger charge is -2.14. The third kappa shape index (κ3) is 2.88. The van der Waals surface area contributed by atoms with Crippen molar-refractivity contribution < 1.29 is 0 Å². The molecular formula is C20H17N3O2S. The second-order valence-electron chi connectivity index (χ2n) is 6.14. The van der Waals surface area contributed by atoms with Crippen LogP contribution < -0.4 is 11.2 Å². The lowest BCUT2D eigenvalue weighted by molar-refractivity contribution is 0.633. The number of aromatic nitrogens is 3. The molecule has 0 spiro atoms. The van der Waals surface area contributed by atoms with Crippen LogP contribution in [0.5, 0.6) is 0 Å². The molecule has 0 unspecified atom stereocenters. The molecule has 0 saturated carbocycles. The van der Waals surface area contributed by atoms with E-state index in [0.717, 1.165) is 16.0 Å². The zero-order chi connectivity index (χ0) is 18.1. The van der Waals surface area contributed by atoms with Gasteiger partial charge in [-0.1, -0.05) is 30.3 Å². The van der Waals surface area contributed by atoms with Crippen LogP contribution in [0.2, 0.25) is 0 Å². The van der Waals surface area contributed by atoms with Crippen LogP contribution >= 0.6 is 11.3 Å². The van der Waals surface area contributed by atoms with E-state index in [4.69, 9.17) is 0 Å². The SMILES string of the molecule is Cc1ccccc1Cn1c(=O)n(Cc2cccs2)c(=O)c2cccnc21. The van der Waals surface area contributed by atoms with E-state index in [1.165, 1.54) is 15.9 Å². The summed E-state index contributed by atoms with van der Waals surface area (Å²) in [5.74, 6) is 0. The highest BCUT2D eigenvalue weighted by Gasteiger charge is 2.15. The third-order valence-electron chi connectivity index (χ3n) is 4.46. The van der Waals surface area contributed by atoms with Crippen LogP contribution in [0.1, 0.15) is 16.0 Å². The van der Waals surface area contributed by atoms with Gasteiger partial charge in [0.1, 0.15) is 5.65 Å². The molecule has 0 saturated heterocycles. The molecule has 0 N–H and O–H groups in total. The maximum atomic E-state index is 13.1. The Labute approximate surface area is 153 Å². The van der Waals surface area contributed by atoms with Gasteiger partial charge in [-0.05, 0) is 41.6 Å². The first kappa shape index (κ1) is 16.5. The molecule has 0 aliphatic carbocycles. The maximum absolute atomic E-state index is 13.1. The molecule has 0 aliphatic heterocycles. The van der Waals surface area contributed by atoms with Crippen molar-refractivity contribution in [2.75, 3.05) is 0 Å². The topological polar surface area (TPSA) is 56.9 Å². The molecule has 0 aliphatic rings. The first-order valence-corrected chi connectivity index (χ1v) is 9.18. The summed E-state index contributed by atoms with van der Waals surface area (Å²) in [6.07, 6.45) is 1.61. The Hall–Kier alpha value is -2.99. The molecule has 0 fully saturated rings. The highest BCUT2D eigenvalue weighted by molar-refractivity contribution is 7.09. The average Bonchev–Trinajstić information content (AvgIpc) is 3.17. The first-order chi connectivity index (χ1) is 12.6. The van der Waals surface area contributed by atoms with Crippen molar-refractivity contribution >= 4 is 22.4 Å². The Morgan fingerprint density at radius 1 is 0.962 bits per heavy atom. The molecule has 3 heterocycles. The normalized spacial score (nSPS) is 11.1. The summed E-state index contributed by atoms with van der Waals surface area (Å²) in [5, 5.41) is 2.40. The van der Waals surface area contributed by atoms with Crippen molar-refractivity contribution in [2.24, 2.45) is 0 Å². The monoisotopic (exact) mass is 363 g/mol. The molecule has 0 radical (unpaired) electrons. The molecule has 130 valence electrons. The van der Waals surface area contributed by atoms with Gasteiger partial charge in [-0.25, -0.2) is 9.78 Å². The Morgan fingerprint density at radius 2 is 1.81 bits per heavy atom. The molecule has 0 atom stereocenters. The fourth-order valence-corrected chi connectivity index (χ4v) is 3.74. The largest absolute Gasteiger partial charge is 0.333 e. The Bertz CT molecular complexity index is 1190. The summed E-state index contributed by atoms with van der Waals surface area (Å²) in [6.45, 7) is 2.66. The van der Waals surface area contributed by atoms with E-state index in [-0.39, 0.29) is 17.8 Å². The van der Waals surface area contributed by atoms with Gasteiger partial charge in [-0.2, -0.15) is 0 Å². The Morgan fingerprint density at radius 3 is 2.58 bits per heavy atom. The van der Waals surface area contributed by atoms with Crippen molar-refractivity contribution in [3.05, 3.63) is 96.9 Å². The van der Waals surface area contributed by atoms with E-state index in [1.807, 2.05) is 48.7 Å². The van der Waals surface area contributed by atoms with E-state index in [2.05, 4.69) is 4.98 Å². The predicted octanol–water partition coefficient (Wildman–Crippen LogP) is 3.02. The predicted molar refractivity (Wildman–Crippen MR) is 104 cm³/mol. The van der Waals surface area contributed by atoms with Gasteiger partial charge in [0.25, 0.3) is 5.56 Å². The molecule has 5 nitrogen and oxygen atoms in total. The average molecular weight is 363 g/mol. The summed E-state index contributed by atoms with van der Waals surface area (Å²) < 4.78 is 2.89. The maximum Gasteiger partial charge on any atom is 0.333 e. The summed E-state index contributed by atoms with van der Waals surface area (Å²) in [7, 11) is 0. The van der Waals surface area contributed by atoms with Gasteiger partial charge in [0.05, 0.1) is 18.5 Å². The standard InChI is InChI=1S/C20H17N3O2S/c1-14-6-2-3-7-15(14)12-22-18-17(9-4-10-21-18)19(24)23(20(22)25)13-16-8-5-11-26-16/h2-11H,12-13H2,1H3. The molecule has 6 heteroatoms. The van der Waals surface area contributed by atoms with E-state index in [9.17, 15) is 9.59 Å². The van der Waals surface area contributed by atoms with Crippen LogP contribution in [0.4, 0.5) is 0 Å². The van der Waals surface area contributed by atoms with Crippen LogP contribution in [0.3, 0.4) is 0 Å². The zero-order valence-corrected chi connectivity index (χ0v) is 15.1. The van der Waals surface area contributed by atoms with Gasteiger partial charge >= 0.3 is 5.69 Å². The zero-order valence-electron chi connectivity index (χ0n) is 14.3. The minimum atomic E-state index is -0.335. The fourth-order valence-electron chi connectivity index (χ4n) is 3.05. The Kier molecular flexibility index (Phi) is 4.26. The first-order valence-electron chi connectivity index (χ1n) is 8.30. The number of fused-ring (bicyclic) bond motifs is 1. The second-order valence-corrected chi connectivity index (χ2v) is 7.17. The van der Waals surface area contributed by atoms with Crippen LogP contribution in [-0.2, 0) is 13.1 Å². The number of rotatable bonds is 4. The molecule has 0 amide bonds. The molecule has 1 aromatic carbocycles. The number of hydrogen-bond donors (Lipinski definition) is 0. The van der Waals surface area contributed by atoms with Crippen molar-refractivity contribution in [3.63, 3.8) is 0 Å². The lowest BCUT2D eigenvalue weighted by atomic mass is 10.1. The van der Waals surface area contributed by atoms with Crippen molar-refractivity contribution in [1.82, 2.24) is 14.1 Å². The minimum absolute atomic E-state index is 0.272. The van der Waals surface area contributed by atoms with Crippen LogP contribution in [0.15, 0.2) is 69.7 Å². The van der Waals surface area contributed by atoms with Crippen LogP contribution in [0.25, 0.3) is 11.0 Å². The van der Waals surface area contributed by atoms with Gasteiger partial charge in [0.15, 0.2) is 0 Å². The summed E-state index contributed by atoms with van der Waals surface area (Å²) in [4.78, 5) is 31.3. The molecule has 0 bridgehead atoms. The second kappa shape index (κ2) is 6.72. The number of benzene rings is 1. The van der Waals surface area contributed by atoms with Crippen molar-refractivity contribution in [1.29, 1.82) is 0 Å². The number of pyridine rings is 1. The van der Waals surface area contributed by atoms with Gasteiger partial charge in [-0.15, -0.1) is 11.3 Å². The fraction of sp³-hybridized carbons (Fsp3) is 0.150. The number of thiophene rings is 1. The van der Waals surface area contributed by atoms with Gasteiger partial charge in [-0.3, -0.25) is 13.9 Å². The van der Waals surface area contributed by atoms with Crippen molar-refractivity contribution in [2.45, 2.75) is 20.0 Å². The van der Waals surface area contributed by atoms with E-state index < -0.39 is 0 Å². The summed E-state index contributed by atoms with van der Waals surface area (Å²) >= 11 is 1.53. The Balaban J connectivity index is 1.95. The third-order valence-corrected chi connectivity index (χ3v) is 5.32. The molecule has 4 aromatic rings. The molecular weight excluding hydrogens is 346 g/mol. The highest BCUT2D eigenvalue weighted by Crippen LogP contribution is 2.13. The van der Waals surface area contributed by atoms with Gasteiger partial charge < -0.3 is 0 Å². The van der Waals surface area contributed by atoms with Crippen molar-refractivity contribution in [3.8, 4) is 0 Å². The number of hydrogen-bond acceptors (Lipinski definition) is 4. The molecule has 26 heavy (non-hydrogen) atoms. The molecule has 4 rings (SSSR count). The quantitative estimate of drug-likeness (QED) is 0.560. The summed E-state index contributed by atoms with van der Waals surface area (Å²) in [6, 6.07) is 15.2. The van der Waals surface area contributed by atoms with E-state index in [0.29, 0.717) is 17.6 Å². The molecule has 3 aromatic heterocycles. The number of nitrogens with zero attached hydrogens (tertiary/aromatic N) is 3. The van der Waals surface area contributed by atoms with Gasteiger partial charge in [0.2, 0.25) is 0 Å². The van der Waals surface area contributed by atoms with E-state index >= 15 is 0 Å². The lowest BCUT2D eigenvalue weighted by Crippen LogP contribution is -2.40. The smallest absolute Gasteiger partial charge is 0.273 e. The van der Waals surface area contributed by atoms with Gasteiger partial charge in [0, 0.05) is 11.1 Å².